The van der Waals surface area contributed by atoms with E-state index in [-0.39, 0.29) is 5.69 Å². The first-order valence-electron chi connectivity index (χ1n) is 7.06. The van der Waals surface area contributed by atoms with E-state index in [4.69, 9.17) is 0 Å². The van der Waals surface area contributed by atoms with Crippen molar-refractivity contribution in [3.8, 4) is 0 Å². The molecule has 1 aliphatic heterocycles. The maximum atomic E-state index is 11.5. The smallest absolute Gasteiger partial charge is 0.334 e. The summed E-state index contributed by atoms with van der Waals surface area (Å²) in [5.41, 5.74) is 0.320. The molecule has 2 unspecified atom stereocenters. The Bertz CT molecular complexity index is 569. The standard InChI is InChI=1S/C13H20N4O4/c1-4-9-11(17(20)21)12(15(3)14-9)16-6-5-8(2)7-10(16)13(18)19/h8,10H,4-7H2,1-3H3,(H,18,19). The van der Waals surface area contributed by atoms with Crippen molar-refractivity contribution in [3.05, 3.63) is 15.8 Å². The van der Waals surface area contributed by atoms with Gasteiger partial charge in [-0.3, -0.25) is 10.1 Å². The molecule has 0 amide bonds. The van der Waals surface area contributed by atoms with Gasteiger partial charge in [-0.05, 0) is 25.2 Å². The summed E-state index contributed by atoms with van der Waals surface area (Å²) in [4.78, 5) is 24.0. The Morgan fingerprint density at radius 3 is 2.76 bits per heavy atom. The minimum absolute atomic E-state index is 0.0687. The van der Waals surface area contributed by atoms with E-state index < -0.39 is 16.9 Å². The van der Waals surface area contributed by atoms with Crippen molar-refractivity contribution in [2.75, 3.05) is 11.4 Å². The zero-order valence-electron chi connectivity index (χ0n) is 12.4. The highest BCUT2D eigenvalue weighted by molar-refractivity contribution is 5.80. The summed E-state index contributed by atoms with van der Waals surface area (Å²) in [5, 5.41) is 25.0. The van der Waals surface area contributed by atoms with Gasteiger partial charge in [-0.25, -0.2) is 9.48 Å². The Morgan fingerprint density at radius 1 is 1.57 bits per heavy atom. The zero-order chi connectivity index (χ0) is 15.7. The molecule has 0 bridgehead atoms. The topological polar surface area (TPSA) is 102 Å². The molecule has 2 atom stereocenters. The van der Waals surface area contributed by atoms with Crippen molar-refractivity contribution >= 4 is 17.5 Å². The van der Waals surface area contributed by atoms with Gasteiger partial charge in [-0.2, -0.15) is 5.10 Å². The van der Waals surface area contributed by atoms with Gasteiger partial charge in [-0.1, -0.05) is 13.8 Å². The molecule has 2 heterocycles. The molecule has 0 aromatic carbocycles. The van der Waals surface area contributed by atoms with E-state index in [1.807, 2.05) is 6.92 Å². The van der Waals surface area contributed by atoms with Gasteiger partial charge in [0.25, 0.3) is 0 Å². The van der Waals surface area contributed by atoms with Crippen molar-refractivity contribution in [1.29, 1.82) is 0 Å². The fourth-order valence-electron chi connectivity index (χ4n) is 2.93. The van der Waals surface area contributed by atoms with E-state index in [1.165, 1.54) is 4.68 Å². The molecule has 1 aromatic rings. The average Bonchev–Trinajstić information content (AvgIpc) is 2.75. The minimum atomic E-state index is -0.949. The lowest BCUT2D eigenvalue weighted by Gasteiger charge is -2.36. The second-order valence-corrected chi connectivity index (χ2v) is 5.53. The number of aromatic nitrogens is 2. The predicted octanol–water partition coefficient (Wildman–Crippen LogP) is 1.58. The first-order chi connectivity index (χ1) is 9.86. The van der Waals surface area contributed by atoms with Gasteiger partial charge < -0.3 is 10.0 Å². The molecule has 2 rings (SSSR count). The molecule has 0 radical (unpaired) electrons. The van der Waals surface area contributed by atoms with Gasteiger partial charge in [-0.15, -0.1) is 0 Å². The fourth-order valence-corrected chi connectivity index (χ4v) is 2.93. The number of rotatable bonds is 4. The molecule has 116 valence electrons. The molecular formula is C13H20N4O4. The molecule has 1 fully saturated rings. The van der Waals surface area contributed by atoms with Crippen LogP contribution in [-0.4, -0.2) is 38.4 Å². The van der Waals surface area contributed by atoms with Crippen molar-refractivity contribution in [3.63, 3.8) is 0 Å². The molecule has 1 aromatic heterocycles. The molecule has 1 aliphatic rings. The minimum Gasteiger partial charge on any atom is -0.480 e. The van der Waals surface area contributed by atoms with Crippen LogP contribution in [0.1, 0.15) is 32.4 Å². The Kier molecular flexibility index (Phi) is 4.15. The maximum absolute atomic E-state index is 11.5. The van der Waals surface area contributed by atoms with Crippen LogP contribution in [0.5, 0.6) is 0 Å². The SMILES string of the molecule is CCc1nn(C)c(N2CCC(C)CC2C(=O)O)c1[N+](=O)[O-]. The average molecular weight is 296 g/mol. The zero-order valence-corrected chi connectivity index (χ0v) is 12.4. The maximum Gasteiger partial charge on any atom is 0.334 e. The van der Waals surface area contributed by atoms with Crippen molar-refractivity contribution in [1.82, 2.24) is 9.78 Å². The van der Waals surface area contributed by atoms with Crippen LogP contribution in [-0.2, 0) is 18.3 Å². The van der Waals surface area contributed by atoms with Gasteiger partial charge in [0.15, 0.2) is 0 Å². The second kappa shape index (κ2) is 5.71. The largest absolute Gasteiger partial charge is 0.480 e. The van der Waals surface area contributed by atoms with Crippen molar-refractivity contribution in [2.45, 2.75) is 39.2 Å². The Morgan fingerprint density at radius 2 is 2.24 bits per heavy atom. The third-order valence-electron chi connectivity index (χ3n) is 4.00. The van der Waals surface area contributed by atoms with E-state index in [1.54, 1.807) is 18.9 Å². The summed E-state index contributed by atoms with van der Waals surface area (Å²) >= 11 is 0. The monoisotopic (exact) mass is 296 g/mol. The van der Waals surface area contributed by atoms with E-state index in [2.05, 4.69) is 5.10 Å². The van der Waals surface area contributed by atoms with Crippen molar-refractivity contribution < 1.29 is 14.8 Å². The van der Waals surface area contributed by atoms with Crippen LogP contribution in [0, 0.1) is 16.0 Å². The number of hydrogen-bond donors (Lipinski definition) is 1. The van der Waals surface area contributed by atoms with Gasteiger partial charge in [0.2, 0.25) is 5.82 Å². The number of nitrogens with zero attached hydrogens (tertiary/aromatic N) is 4. The highest BCUT2D eigenvalue weighted by Crippen LogP contribution is 2.36. The number of hydrogen-bond acceptors (Lipinski definition) is 5. The van der Waals surface area contributed by atoms with Crippen LogP contribution in [0.4, 0.5) is 11.5 Å². The number of nitro groups is 1. The van der Waals surface area contributed by atoms with Gasteiger partial charge in [0, 0.05) is 13.6 Å². The van der Waals surface area contributed by atoms with Crippen molar-refractivity contribution in [2.24, 2.45) is 13.0 Å². The highest BCUT2D eigenvalue weighted by atomic mass is 16.6. The molecule has 8 heteroatoms. The number of aryl methyl sites for hydroxylation is 2. The van der Waals surface area contributed by atoms with Crippen LogP contribution >= 0.6 is 0 Å². The Balaban J connectivity index is 2.51. The Labute approximate surface area is 122 Å². The molecule has 0 saturated carbocycles. The molecule has 1 saturated heterocycles. The van der Waals surface area contributed by atoms with Crippen LogP contribution in [0.15, 0.2) is 0 Å². The normalized spacial score (nSPS) is 22.3. The fraction of sp³-hybridized carbons (Fsp3) is 0.692. The van der Waals surface area contributed by atoms with Crippen LogP contribution < -0.4 is 4.90 Å². The van der Waals surface area contributed by atoms with Crippen LogP contribution in [0.2, 0.25) is 0 Å². The lowest BCUT2D eigenvalue weighted by Crippen LogP contribution is -2.47. The highest BCUT2D eigenvalue weighted by Gasteiger charge is 2.38. The van der Waals surface area contributed by atoms with E-state index >= 15 is 0 Å². The first-order valence-corrected chi connectivity index (χ1v) is 7.06. The number of piperidine rings is 1. The number of carbonyl (C=O) groups is 1. The second-order valence-electron chi connectivity index (χ2n) is 5.53. The molecule has 0 aliphatic carbocycles. The number of carboxylic acid groups (broad SMARTS) is 1. The molecule has 8 nitrogen and oxygen atoms in total. The third kappa shape index (κ3) is 2.70. The lowest BCUT2D eigenvalue weighted by atomic mass is 9.92. The van der Waals surface area contributed by atoms with E-state index in [9.17, 15) is 20.0 Å². The first kappa shape index (κ1) is 15.3. The number of aliphatic carboxylic acids is 1. The molecule has 1 N–H and O–H groups in total. The van der Waals surface area contributed by atoms with E-state index in [0.717, 1.165) is 6.42 Å². The molecule has 21 heavy (non-hydrogen) atoms. The summed E-state index contributed by atoms with van der Waals surface area (Å²) in [5.74, 6) is -0.355. The summed E-state index contributed by atoms with van der Waals surface area (Å²) in [6, 6.07) is -0.743. The summed E-state index contributed by atoms with van der Waals surface area (Å²) < 4.78 is 1.43. The van der Waals surface area contributed by atoms with E-state index in [0.29, 0.717) is 36.8 Å². The van der Waals surface area contributed by atoms with Crippen LogP contribution in [0.25, 0.3) is 0 Å². The third-order valence-corrected chi connectivity index (χ3v) is 4.00. The summed E-state index contributed by atoms with van der Waals surface area (Å²) in [6.45, 7) is 4.29. The van der Waals surface area contributed by atoms with Gasteiger partial charge >= 0.3 is 11.7 Å². The quantitative estimate of drug-likeness (QED) is 0.668. The van der Waals surface area contributed by atoms with Gasteiger partial charge in [0.05, 0.1) is 4.92 Å². The molecule has 0 spiro atoms. The Hall–Kier alpha value is -2.12. The number of anilines is 1. The predicted molar refractivity (Wildman–Crippen MR) is 76.4 cm³/mol. The van der Waals surface area contributed by atoms with Gasteiger partial charge in [0.1, 0.15) is 11.7 Å². The van der Waals surface area contributed by atoms with Crippen LogP contribution in [0.3, 0.4) is 0 Å². The summed E-state index contributed by atoms with van der Waals surface area (Å²) in [7, 11) is 1.62. The number of carboxylic acids is 1. The summed E-state index contributed by atoms with van der Waals surface area (Å²) in [6.07, 6.45) is 1.73. The lowest BCUT2D eigenvalue weighted by molar-refractivity contribution is -0.384. The molecular weight excluding hydrogens is 276 g/mol.